The number of piperazine rings is 1. The van der Waals surface area contributed by atoms with E-state index in [4.69, 9.17) is 0 Å². The monoisotopic (exact) mass is 239 g/mol. The predicted octanol–water partition coefficient (Wildman–Crippen LogP) is 1.62. The first-order valence-corrected chi connectivity index (χ1v) is 6.89. The van der Waals surface area contributed by atoms with E-state index < -0.39 is 0 Å². The van der Waals surface area contributed by atoms with Crippen molar-refractivity contribution in [3.05, 3.63) is 0 Å². The summed E-state index contributed by atoms with van der Waals surface area (Å²) in [6.45, 7) is 8.18. The first-order chi connectivity index (χ1) is 8.13. The first kappa shape index (κ1) is 12.7. The zero-order chi connectivity index (χ0) is 12.4. The molecule has 0 bridgehead atoms. The van der Waals surface area contributed by atoms with E-state index in [0.29, 0.717) is 12.1 Å². The molecule has 0 spiro atoms. The highest BCUT2D eigenvalue weighted by molar-refractivity contribution is 5.74. The van der Waals surface area contributed by atoms with Crippen molar-refractivity contribution in [3.63, 3.8) is 0 Å². The highest BCUT2D eigenvalue weighted by atomic mass is 16.2. The van der Waals surface area contributed by atoms with Crippen molar-refractivity contribution in [1.82, 2.24) is 14.7 Å². The van der Waals surface area contributed by atoms with Gasteiger partial charge in [-0.3, -0.25) is 4.90 Å². The summed E-state index contributed by atoms with van der Waals surface area (Å²) in [7, 11) is 1.89. The van der Waals surface area contributed by atoms with Crippen LogP contribution < -0.4 is 0 Å². The van der Waals surface area contributed by atoms with Gasteiger partial charge in [0, 0.05) is 38.8 Å². The van der Waals surface area contributed by atoms with Crippen LogP contribution in [0.25, 0.3) is 0 Å². The van der Waals surface area contributed by atoms with Crippen LogP contribution in [-0.2, 0) is 0 Å². The molecule has 2 aliphatic rings. The zero-order valence-electron chi connectivity index (χ0n) is 11.4. The molecule has 0 radical (unpaired) electrons. The summed E-state index contributed by atoms with van der Waals surface area (Å²) in [5, 5.41) is 0. The Morgan fingerprint density at radius 3 is 2.82 bits per heavy atom. The van der Waals surface area contributed by atoms with Crippen molar-refractivity contribution in [2.24, 2.45) is 0 Å². The van der Waals surface area contributed by atoms with Crippen LogP contribution in [-0.4, -0.2) is 66.0 Å². The highest BCUT2D eigenvalue weighted by Crippen LogP contribution is 2.24. The van der Waals surface area contributed by atoms with E-state index in [0.717, 1.165) is 19.6 Å². The largest absolute Gasteiger partial charge is 0.328 e. The molecule has 98 valence electrons. The number of carbonyl (C=O) groups excluding carboxylic acids is 1. The zero-order valence-corrected chi connectivity index (χ0v) is 11.4. The Bertz CT molecular complexity index is 282. The van der Waals surface area contributed by atoms with Gasteiger partial charge in [0.25, 0.3) is 0 Å². The molecule has 0 aliphatic carbocycles. The van der Waals surface area contributed by atoms with E-state index in [1.807, 2.05) is 18.9 Å². The fourth-order valence-electron chi connectivity index (χ4n) is 2.97. The van der Waals surface area contributed by atoms with Crippen LogP contribution in [0.4, 0.5) is 4.79 Å². The molecule has 0 aromatic heterocycles. The maximum absolute atomic E-state index is 12.2. The van der Waals surface area contributed by atoms with Crippen LogP contribution in [0.15, 0.2) is 0 Å². The second-order valence-electron chi connectivity index (χ2n) is 5.44. The lowest BCUT2D eigenvalue weighted by Crippen LogP contribution is -2.61. The number of carbonyl (C=O) groups is 1. The average Bonchev–Trinajstić information content (AvgIpc) is 2.36. The summed E-state index contributed by atoms with van der Waals surface area (Å²) < 4.78 is 0. The molecule has 2 fully saturated rings. The molecule has 0 aromatic carbocycles. The third kappa shape index (κ3) is 2.57. The topological polar surface area (TPSA) is 26.8 Å². The summed E-state index contributed by atoms with van der Waals surface area (Å²) >= 11 is 0. The SMILES string of the molecule is CCN(C)C(=O)N1CC2CCCCN2CC1C. The maximum atomic E-state index is 12.2. The van der Waals surface area contributed by atoms with Gasteiger partial charge in [-0.15, -0.1) is 0 Å². The van der Waals surface area contributed by atoms with Gasteiger partial charge in [0.05, 0.1) is 0 Å². The number of piperidine rings is 1. The van der Waals surface area contributed by atoms with Crippen molar-refractivity contribution >= 4 is 6.03 Å². The van der Waals surface area contributed by atoms with Gasteiger partial charge < -0.3 is 9.80 Å². The standard InChI is InChI=1S/C13H25N3O/c1-4-14(3)13(17)16-10-12-7-5-6-8-15(12)9-11(16)2/h11-12H,4-10H2,1-3H3. The summed E-state index contributed by atoms with van der Waals surface area (Å²) in [6, 6.07) is 1.16. The van der Waals surface area contributed by atoms with Gasteiger partial charge in [-0.05, 0) is 33.2 Å². The van der Waals surface area contributed by atoms with Crippen LogP contribution in [0.3, 0.4) is 0 Å². The average molecular weight is 239 g/mol. The molecule has 4 heteroatoms. The molecule has 2 rings (SSSR count). The van der Waals surface area contributed by atoms with Gasteiger partial charge in [0.2, 0.25) is 0 Å². The van der Waals surface area contributed by atoms with Crippen LogP contribution in [0, 0.1) is 0 Å². The molecule has 2 amide bonds. The first-order valence-electron chi connectivity index (χ1n) is 6.89. The van der Waals surface area contributed by atoms with E-state index >= 15 is 0 Å². The molecule has 2 aliphatic heterocycles. The van der Waals surface area contributed by atoms with Crippen LogP contribution in [0.2, 0.25) is 0 Å². The predicted molar refractivity (Wildman–Crippen MR) is 69.1 cm³/mol. The smallest absolute Gasteiger partial charge is 0.320 e. The van der Waals surface area contributed by atoms with E-state index in [2.05, 4.69) is 16.7 Å². The molecule has 0 aromatic rings. The summed E-state index contributed by atoms with van der Waals surface area (Å²) in [5.74, 6) is 0. The highest BCUT2D eigenvalue weighted by Gasteiger charge is 2.35. The Hall–Kier alpha value is -0.770. The Balaban J connectivity index is 2.01. The number of hydrogen-bond acceptors (Lipinski definition) is 2. The fraction of sp³-hybridized carbons (Fsp3) is 0.923. The van der Waals surface area contributed by atoms with Crippen molar-refractivity contribution in [3.8, 4) is 0 Å². The van der Waals surface area contributed by atoms with E-state index in [9.17, 15) is 4.79 Å². The minimum absolute atomic E-state index is 0.199. The molecule has 2 heterocycles. The second-order valence-corrected chi connectivity index (χ2v) is 5.44. The molecule has 0 saturated carbocycles. The van der Waals surface area contributed by atoms with Crippen LogP contribution >= 0.6 is 0 Å². The fourth-order valence-corrected chi connectivity index (χ4v) is 2.97. The maximum Gasteiger partial charge on any atom is 0.320 e. The summed E-state index contributed by atoms with van der Waals surface area (Å²) in [5.41, 5.74) is 0. The number of nitrogens with zero attached hydrogens (tertiary/aromatic N) is 3. The molecule has 4 nitrogen and oxygen atoms in total. The molecular weight excluding hydrogens is 214 g/mol. The van der Waals surface area contributed by atoms with Gasteiger partial charge in [0.15, 0.2) is 0 Å². The van der Waals surface area contributed by atoms with E-state index in [1.165, 1.54) is 25.8 Å². The Labute approximate surface area is 105 Å². The van der Waals surface area contributed by atoms with Crippen molar-refractivity contribution < 1.29 is 4.79 Å². The lowest BCUT2D eigenvalue weighted by molar-refractivity contribution is 0.0269. The number of urea groups is 1. The van der Waals surface area contributed by atoms with Gasteiger partial charge in [0.1, 0.15) is 0 Å². The quantitative estimate of drug-likeness (QED) is 0.695. The molecule has 17 heavy (non-hydrogen) atoms. The minimum Gasteiger partial charge on any atom is -0.328 e. The molecular formula is C13H25N3O. The van der Waals surface area contributed by atoms with Gasteiger partial charge >= 0.3 is 6.03 Å². The third-order valence-electron chi connectivity index (χ3n) is 4.23. The van der Waals surface area contributed by atoms with Crippen LogP contribution in [0.1, 0.15) is 33.1 Å². The molecule has 2 unspecified atom stereocenters. The van der Waals surface area contributed by atoms with Gasteiger partial charge in [-0.1, -0.05) is 6.42 Å². The normalized spacial score (nSPS) is 29.9. The Morgan fingerprint density at radius 2 is 2.12 bits per heavy atom. The number of fused-ring (bicyclic) bond motifs is 1. The second kappa shape index (κ2) is 5.25. The van der Waals surface area contributed by atoms with Crippen molar-refractivity contribution in [2.45, 2.75) is 45.2 Å². The Morgan fingerprint density at radius 1 is 1.35 bits per heavy atom. The lowest BCUT2D eigenvalue weighted by atomic mass is 9.97. The minimum atomic E-state index is 0.199. The van der Waals surface area contributed by atoms with Gasteiger partial charge in [-0.25, -0.2) is 4.79 Å². The molecule has 2 saturated heterocycles. The van der Waals surface area contributed by atoms with Gasteiger partial charge in [-0.2, -0.15) is 0 Å². The number of rotatable bonds is 1. The number of hydrogen-bond donors (Lipinski definition) is 0. The molecule has 0 N–H and O–H groups in total. The van der Waals surface area contributed by atoms with Crippen molar-refractivity contribution in [1.29, 1.82) is 0 Å². The third-order valence-corrected chi connectivity index (χ3v) is 4.23. The lowest BCUT2D eigenvalue weighted by Gasteiger charge is -2.48. The van der Waals surface area contributed by atoms with Crippen molar-refractivity contribution in [2.75, 3.05) is 33.2 Å². The summed E-state index contributed by atoms with van der Waals surface area (Å²) in [4.78, 5) is 18.7. The van der Waals surface area contributed by atoms with E-state index in [-0.39, 0.29) is 6.03 Å². The summed E-state index contributed by atoms with van der Waals surface area (Å²) in [6.07, 6.45) is 3.90. The number of amides is 2. The molecule has 2 atom stereocenters. The Kier molecular flexibility index (Phi) is 3.92. The van der Waals surface area contributed by atoms with Crippen LogP contribution in [0.5, 0.6) is 0 Å². The van der Waals surface area contributed by atoms with E-state index in [1.54, 1.807) is 0 Å².